The average molecular weight is 756 g/mol. The van der Waals surface area contributed by atoms with Crippen LogP contribution >= 0.6 is 26.8 Å². The van der Waals surface area contributed by atoms with Gasteiger partial charge in [-0.05, 0) is 6.07 Å². The number of rotatable bonds is 21. The van der Waals surface area contributed by atoms with E-state index in [1.165, 1.54) is 10.9 Å². The van der Waals surface area contributed by atoms with Crippen molar-refractivity contribution in [3.8, 4) is 12.3 Å². The molecule has 1 amide bonds. The van der Waals surface area contributed by atoms with E-state index >= 15 is 0 Å². The number of halogens is 1. The minimum atomic E-state index is -4.87. The predicted octanol–water partition coefficient (Wildman–Crippen LogP) is -0.707. The number of amides is 1. The van der Waals surface area contributed by atoms with Gasteiger partial charge in [-0.15, -0.1) is 6.42 Å². The van der Waals surface area contributed by atoms with Crippen molar-refractivity contribution in [3.05, 3.63) is 17.4 Å². The summed E-state index contributed by atoms with van der Waals surface area (Å²) in [5.41, 5.74) is 0.824. The number of aromatic nitrogens is 3. The summed E-state index contributed by atoms with van der Waals surface area (Å²) < 4.78 is 56.0. The molecule has 0 bridgehead atoms. The second-order valence-electron chi connectivity index (χ2n) is 11.1. The molecule has 0 radical (unpaired) electrons. The Kier molecular flexibility index (Phi) is 14.8. The van der Waals surface area contributed by atoms with E-state index in [-0.39, 0.29) is 29.2 Å². The SMILES string of the molecule is C#CCOCCOCCOCCOCCNC(=O)C1CN(c2cc(Cl)nc3c2cnn3[C@@H]2O[C@H](COP(=O)(O)CP(=O)(O)O)[C@@H](O)[C@H]2O)C1. The molecule has 5 atom stereocenters. The van der Waals surface area contributed by atoms with Gasteiger partial charge in [0.1, 0.15) is 30.1 Å². The molecule has 2 aromatic heterocycles. The summed E-state index contributed by atoms with van der Waals surface area (Å²) in [7, 11) is -9.59. The van der Waals surface area contributed by atoms with Crippen molar-refractivity contribution >= 4 is 49.4 Å². The molecule has 2 saturated heterocycles. The van der Waals surface area contributed by atoms with Crippen LogP contribution in [-0.4, -0.2) is 149 Å². The fourth-order valence-electron chi connectivity index (χ4n) is 4.97. The van der Waals surface area contributed by atoms with Crippen molar-refractivity contribution in [1.29, 1.82) is 0 Å². The summed E-state index contributed by atoms with van der Waals surface area (Å²) >= 11 is 6.31. The summed E-state index contributed by atoms with van der Waals surface area (Å²) in [6.07, 6.45) is 0.704. The standard InChI is InChI=1S/C27H40ClN5O14P2/c1-2-4-42-6-8-44-10-11-45-9-7-43-5-3-29-26(36)18-14-32(15-18)20-12-22(28)31-25-19(20)13-30-33(25)27-24(35)23(34)21(47-27)16-46-49(40,41)17-48(37,38)39/h1,12-13,18,21,23-24,27,34-35H,3-11,14-17H2,(H,29,36)(H,40,41)(H2,37,38,39)/t21-,23-,24-,27-/m1/s1. The molecule has 49 heavy (non-hydrogen) atoms. The van der Waals surface area contributed by atoms with E-state index < -0.39 is 52.2 Å². The van der Waals surface area contributed by atoms with Crippen LogP contribution in [-0.2, 0) is 42.1 Å². The van der Waals surface area contributed by atoms with Crippen LogP contribution in [0.15, 0.2) is 12.3 Å². The fraction of sp³-hybridized carbons (Fsp3) is 0.667. The molecule has 274 valence electrons. The molecule has 0 saturated carbocycles. The zero-order valence-electron chi connectivity index (χ0n) is 26.3. The molecular weight excluding hydrogens is 716 g/mol. The van der Waals surface area contributed by atoms with E-state index in [1.54, 1.807) is 6.07 Å². The van der Waals surface area contributed by atoms with Crippen LogP contribution in [0.25, 0.3) is 11.0 Å². The van der Waals surface area contributed by atoms with Gasteiger partial charge in [0.15, 0.2) is 17.8 Å². The molecule has 6 N–H and O–H groups in total. The number of nitrogens with zero attached hydrogens (tertiary/aromatic N) is 4. The van der Waals surface area contributed by atoms with Crippen LogP contribution in [0, 0.1) is 18.3 Å². The fourth-order valence-corrected chi connectivity index (χ4v) is 7.73. The number of aliphatic hydroxyl groups excluding tert-OH is 2. The molecule has 2 fully saturated rings. The summed E-state index contributed by atoms with van der Waals surface area (Å²) in [5, 5.41) is 28.9. The lowest BCUT2D eigenvalue weighted by Crippen LogP contribution is -2.54. The molecule has 22 heteroatoms. The van der Waals surface area contributed by atoms with E-state index in [4.69, 9.17) is 56.0 Å². The van der Waals surface area contributed by atoms with Crippen LogP contribution in [0.3, 0.4) is 0 Å². The Morgan fingerprint density at radius 2 is 1.67 bits per heavy atom. The first-order chi connectivity index (χ1) is 23.3. The van der Waals surface area contributed by atoms with Gasteiger partial charge in [-0.3, -0.25) is 13.9 Å². The molecule has 2 aliphatic rings. The third kappa shape index (κ3) is 11.6. The van der Waals surface area contributed by atoms with E-state index in [9.17, 15) is 29.0 Å². The minimum Gasteiger partial charge on any atom is -0.387 e. The Bertz CT molecular complexity index is 1530. The smallest absolute Gasteiger partial charge is 0.340 e. The van der Waals surface area contributed by atoms with Gasteiger partial charge in [-0.2, -0.15) is 5.10 Å². The number of ether oxygens (including phenoxy) is 5. The number of hydrogen-bond acceptors (Lipinski definition) is 14. The van der Waals surface area contributed by atoms with E-state index in [0.717, 1.165) is 0 Å². The highest BCUT2D eigenvalue weighted by Crippen LogP contribution is 2.55. The van der Waals surface area contributed by atoms with Gasteiger partial charge in [0.05, 0.1) is 76.0 Å². The van der Waals surface area contributed by atoms with E-state index in [0.29, 0.717) is 77.0 Å². The lowest BCUT2D eigenvalue weighted by Gasteiger charge is -2.40. The average Bonchev–Trinajstić information content (AvgIpc) is 3.54. The van der Waals surface area contributed by atoms with Gasteiger partial charge < -0.3 is 63.3 Å². The Hall–Kier alpha value is -2.24. The van der Waals surface area contributed by atoms with Crippen LogP contribution in [0.2, 0.25) is 5.15 Å². The van der Waals surface area contributed by atoms with Gasteiger partial charge in [-0.1, -0.05) is 17.5 Å². The second-order valence-corrected chi connectivity index (χ2v) is 15.4. The van der Waals surface area contributed by atoms with Gasteiger partial charge in [-0.25, -0.2) is 9.67 Å². The first-order valence-electron chi connectivity index (χ1n) is 15.1. The number of terminal acetylenes is 1. The maximum atomic E-state index is 12.7. The van der Waals surface area contributed by atoms with Crippen LogP contribution in [0.5, 0.6) is 0 Å². The van der Waals surface area contributed by atoms with Crippen LogP contribution in [0.1, 0.15) is 6.23 Å². The predicted molar refractivity (Wildman–Crippen MR) is 172 cm³/mol. The Morgan fingerprint density at radius 1 is 1.04 bits per heavy atom. The summed E-state index contributed by atoms with van der Waals surface area (Å²) in [5.74, 6) is 0.526. The molecule has 2 aliphatic heterocycles. The zero-order chi connectivity index (χ0) is 35.6. The molecular formula is C27H40ClN5O14P2. The molecule has 4 rings (SSSR count). The van der Waals surface area contributed by atoms with Crippen molar-refractivity contribution in [2.24, 2.45) is 5.92 Å². The normalized spacial score (nSPS) is 22.6. The molecule has 19 nitrogen and oxygen atoms in total. The van der Waals surface area contributed by atoms with E-state index in [2.05, 4.69) is 21.3 Å². The first kappa shape index (κ1) is 39.5. The first-order valence-corrected chi connectivity index (χ1v) is 19.1. The number of pyridine rings is 1. The molecule has 0 aromatic carbocycles. The highest BCUT2D eigenvalue weighted by molar-refractivity contribution is 7.70. The Morgan fingerprint density at radius 3 is 2.31 bits per heavy atom. The third-order valence-corrected chi connectivity index (χ3v) is 11.0. The van der Waals surface area contributed by atoms with Crippen LogP contribution < -0.4 is 10.2 Å². The second kappa shape index (κ2) is 18.3. The van der Waals surface area contributed by atoms with Gasteiger partial charge in [0.2, 0.25) is 5.91 Å². The summed E-state index contributed by atoms with van der Waals surface area (Å²) in [6, 6.07) is 1.61. The maximum Gasteiger partial charge on any atom is 0.340 e. The lowest BCUT2D eigenvalue weighted by molar-refractivity contribution is -0.126. The van der Waals surface area contributed by atoms with Crippen LogP contribution in [0.4, 0.5) is 5.69 Å². The van der Waals surface area contributed by atoms with Crippen molar-refractivity contribution in [2.45, 2.75) is 24.5 Å². The quantitative estimate of drug-likeness (QED) is 0.0398. The number of fused-ring (bicyclic) bond motifs is 1. The number of carbonyl (C=O) groups is 1. The molecule has 0 aliphatic carbocycles. The van der Waals surface area contributed by atoms with Crippen molar-refractivity contribution in [1.82, 2.24) is 20.1 Å². The minimum absolute atomic E-state index is 0.0862. The summed E-state index contributed by atoms with van der Waals surface area (Å²) in [4.78, 5) is 46.5. The molecule has 0 spiro atoms. The van der Waals surface area contributed by atoms with E-state index in [1.807, 2.05) is 4.90 Å². The number of anilines is 1. The number of carbonyl (C=O) groups excluding carboxylic acids is 1. The highest BCUT2D eigenvalue weighted by Gasteiger charge is 2.46. The third-order valence-electron chi connectivity index (χ3n) is 7.34. The van der Waals surface area contributed by atoms with Gasteiger partial charge in [0.25, 0.3) is 0 Å². The van der Waals surface area contributed by atoms with Crippen molar-refractivity contribution in [2.75, 3.05) is 89.9 Å². The lowest BCUT2D eigenvalue weighted by atomic mass is 9.98. The number of nitrogens with one attached hydrogen (secondary N) is 1. The Balaban J connectivity index is 1.20. The van der Waals surface area contributed by atoms with Crippen molar-refractivity contribution in [3.63, 3.8) is 0 Å². The van der Waals surface area contributed by atoms with Gasteiger partial charge in [0, 0.05) is 19.6 Å². The van der Waals surface area contributed by atoms with Crippen molar-refractivity contribution < 1.29 is 67.0 Å². The number of aliphatic hydroxyl groups is 2. The largest absolute Gasteiger partial charge is 0.387 e. The Labute approximate surface area is 286 Å². The van der Waals surface area contributed by atoms with Gasteiger partial charge >= 0.3 is 15.2 Å². The zero-order valence-corrected chi connectivity index (χ0v) is 28.8. The molecule has 2 aromatic rings. The monoisotopic (exact) mass is 755 g/mol. The number of hydrogen-bond donors (Lipinski definition) is 6. The topological polar surface area (TPSA) is 254 Å². The maximum absolute atomic E-state index is 12.7. The summed E-state index contributed by atoms with van der Waals surface area (Å²) in [6.45, 7) is 3.38. The highest BCUT2D eigenvalue weighted by atomic mass is 35.5. The molecule has 4 heterocycles. The molecule has 1 unspecified atom stereocenters.